The van der Waals surface area contributed by atoms with E-state index in [0.717, 1.165) is 11.1 Å². The zero-order valence-corrected chi connectivity index (χ0v) is 14.5. The van der Waals surface area contributed by atoms with Crippen LogP contribution in [0.1, 0.15) is 24.2 Å². The molecule has 1 atom stereocenters. The maximum Gasteiger partial charge on any atom is 0.573 e. The third kappa shape index (κ3) is 4.04. The molecule has 2 N–H and O–H groups in total. The Labute approximate surface area is 153 Å². The fourth-order valence-corrected chi connectivity index (χ4v) is 3.16. The molecular weight excluding hydrogens is 359 g/mol. The Kier molecular flexibility index (Phi) is 5.34. The maximum absolute atomic E-state index is 12.3. The van der Waals surface area contributed by atoms with Crippen LogP contribution >= 0.6 is 0 Å². The number of hydrogen-bond donors (Lipinski definition) is 2. The van der Waals surface area contributed by atoms with Crippen LogP contribution in [0, 0.1) is 0 Å². The molecule has 3 rings (SSSR count). The van der Waals surface area contributed by atoms with E-state index in [0.29, 0.717) is 28.5 Å². The van der Waals surface area contributed by atoms with Crippen LogP contribution in [0.25, 0.3) is 22.0 Å². The summed E-state index contributed by atoms with van der Waals surface area (Å²) in [5.41, 5.74) is 3.45. The fraction of sp³-hybridized carbons (Fsp3) is 0.250. The Morgan fingerprint density at radius 3 is 2.44 bits per heavy atom. The number of aliphatic hydroxyl groups excluding tert-OH is 2. The molecule has 0 aliphatic carbocycles. The third-order valence-electron chi connectivity index (χ3n) is 4.30. The average molecular weight is 377 g/mol. The second kappa shape index (κ2) is 7.54. The number of aryl methyl sites for hydroxylation is 1. The van der Waals surface area contributed by atoms with Gasteiger partial charge in [0.1, 0.15) is 11.9 Å². The van der Waals surface area contributed by atoms with Gasteiger partial charge in [-0.3, -0.25) is 4.98 Å². The van der Waals surface area contributed by atoms with Crippen molar-refractivity contribution in [1.29, 1.82) is 0 Å². The quantitative estimate of drug-likeness (QED) is 0.692. The minimum Gasteiger partial charge on any atom is -0.406 e. The first-order chi connectivity index (χ1) is 12.8. The minimum atomic E-state index is -4.74. The van der Waals surface area contributed by atoms with Gasteiger partial charge in [0.2, 0.25) is 0 Å². The number of fused-ring (bicyclic) bond motifs is 1. The SMILES string of the molecule is CCc1cc(-c2ccc(OC(F)(F)F)cc2)c2ncccc2c1[C@H](O)CO. The number of alkyl halides is 3. The summed E-state index contributed by atoms with van der Waals surface area (Å²) in [6, 6.07) is 11.0. The number of halogens is 3. The van der Waals surface area contributed by atoms with Gasteiger partial charge in [-0.1, -0.05) is 25.1 Å². The number of nitrogens with zero attached hydrogens (tertiary/aromatic N) is 1. The number of benzene rings is 2. The van der Waals surface area contributed by atoms with Gasteiger partial charge in [-0.05, 0) is 47.4 Å². The summed E-state index contributed by atoms with van der Waals surface area (Å²) < 4.78 is 41.0. The van der Waals surface area contributed by atoms with Crippen LogP contribution in [0.4, 0.5) is 13.2 Å². The van der Waals surface area contributed by atoms with E-state index in [4.69, 9.17) is 0 Å². The summed E-state index contributed by atoms with van der Waals surface area (Å²) in [5.74, 6) is -0.299. The van der Waals surface area contributed by atoms with Crippen molar-refractivity contribution in [1.82, 2.24) is 4.98 Å². The average Bonchev–Trinajstić information content (AvgIpc) is 2.65. The first-order valence-corrected chi connectivity index (χ1v) is 8.39. The normalized spacial score (nSPS) is 13.0. The lowest BCUT2D eigenvalue weighted by atomic mass is 9.90. The number of aromatic nitrogens is 1. The molecule has 7 heteroatoms. The van der Waals surface area contributed by atoms with Crippen LogP contribution in [0.3, 0.4) is 0 Å². The van der Waals surface area contributed by atoms with E-state index >= 15 is 0 Å². The highest BCUT2D eigenvalue weighted by Gasteiger charge is 2.31. The number of rotatable bonds is 5. The molecule has 2 aromatic carbocycles. The summed E-state index contributed by atoms with van der Waals surface area (Å²) in [7, 11) is 0. The summed E-state index contributed by atoms with van der Waals surface area (Å²) in [6.07, 6.45) is -3.57. The molecule has 27 heavy (non-hydrogen) atoms. The molecule has 1 aromatic heterocycles. The highest BCUT2D eigenvalue weighted by atomic mass is 19.4. The molecule has 0 aliphatic rings. The number of aliphatic hydroxyl groups is 2. The van der Waals surface area contributed by atoms with E-state index in [2.05, 4.69) is 9.72 Å². The fourth-order valence-electron chi connectivity index (χ4n) is 3.16. The van der Waals surface area contributed by atoms with Crippen molar-refractivity contribution in [3.8, 4) is 16.9 Å². The van der Waals surface area contributed by atoms with Gasteiger partial charge in [0, 0.05) is 17.1 Å². The monoisotopic (exact) mass is 377 g/mol. The van der Waals surface area contributed by atoms with Gasteiger partial charge in [0.15, 0.2) is 0 Å². The Morgan fingerprint density at radius 2 is 1.85 bits per heavy atom. The van der Waals surface area contributed by atoms with Crippen molar-refractivity contribution in [2.45, 2.75) is 25.8 Å². The Balaban J connectivity index is 2.15. The summed E-state index contributed by atoms with van der Waals surface area (Å²) in [4.78, 5) is 4.39. The molecule has 0 bridgehead atoms. The van der Waals surface area contributed by atoms with E-state index in [9.17, 15) is 23.4 Å². The van der Waals surface area contributed by atoms with Crippen LogP contribution in [0.15, 0.2) is 48.7 Å². The molecular formula is C20H18F3NO3. The molecule has 4 nitrogen and oxygen atoms in total. The molecule has 0 amide bonds. The lowest BCUT2D eigenvalue weighted by Gasteiger charge is -2.18. The summed E-state index contributed by atoms with van der Waals surface area (Å²) in [6.45, 7) is 1.51. The summed E-state index contributed by atoms with van der Waals surface area (Å²) in [5, 5.41) is 20.3. The largest absolute Gasteiger partial charge is 0.573 e. The Morgan fingerprint density at radius 1 is 1.15 bits per heavy atom. The van der Waals surface area contributed by atoms with Gasteiger partial charge in [0.05, 0.1) is 12.1 Å². The molecule has 3 aromatic rings. The smallest absolute Gasteiger partial charge is 0.406 e. The molecule has 0 saturated carbocycles. The number of pyridine rings is 1. The van der Waals surface area contributed by atoms with Crippen LogP contribution in [0.2, 0.25) is 0 Å². The number of hydrogen-bond acceptors (Lipinski definition) is 4. The van der Waals surface area contributed by atoms with Gasteiger partial charge < -0.3 is 14.9 Å². The van der Waals surface area contributed by atoms with Crippen molar-refractivity contribution in [3.63, 3.8) is 0 Å². The van der Waals surface area contributed by atoms with Crippen LogP contribution < -0.4 is 4.74 Å². The van der Waals surface area contributed by atoms with Crippen molar-refractivity contribution < 1.29 is 28.1 Å². The molecule has 0 radical (unpaired) electrons. The van der Waals surface area contributed by atoms with Crippen molar-refractivity contribution in [2.75, 3.05) is 6.61 Å². The van der Waals surface area contributed by atoms with Gasteiger partial charge >= 0.3 is 6.36 Å². The first kappa shape index (κ1) is 19.1. The molecule has 1 heterocycles. The molecule has 0 spiro atoms. The zero-order chi connectivity index (χ0) is 19.6. The molecule has 0 saturated heterocycles. The maximum atomic E-state index is 12.3. The minimum absolute atomic E-state index is 0.299. The Hall–Kier alpha value is -2.64. The first-order valence-electron chi connectivity index (χ1n) is 8.39. The molecule has 0 fully saturated rings. The lowest BCUT2D eigenvalue weighted by molar-refractivity contribution is -0.274. The topological polar surface area (TPSA) is 62.6 Å². The van der Waals surface area contributed by atoms with Crippen LogP contribution in [-0.4, -0.2) is 28.2 Å². The van der Waals surface area contributed by atoms with Gasteiger partial charge in [0.25, 0.3) is 0 Å². The van der Waals surface area contributed by atoms with Crippen LogP contribution in [-0.2, 0) is 6.42 Å². The van der Waals surface area contributed by atoms with Gasteiger partial charge in [-0.15, -0.1) is 13.2 Å². The van der Waals surface area contributed by atoms with Crippen LogP contribution in [0.5, 0.6) is 5.75 Å². The standard InChI is InChI=1S/C20H18F3NO3/c1-2-12-10-16(13-5-7-14(8-6-13)27-20(21,22)23)19-15(4-3-9-24-19)18(12)17(26)11-25/h3-10,17,25-26H,2,11H2,1H3/t17-/m1/s1. The van der Waals surface area contributed by atoms with E-state index in [1.807, 2.05) is 13.0 Å². The zero-order valence-electron chi connectivity index (χ0n) is 14.5. The van der Waals surface area contributed by atoms with E-state index in [-0.39, 0.29) is 5.75 Å². The lowest BCUT2D eigenvalue weighted by Crippen LogP contribution is -2.16. The molecule has 142 valence electrons. The van der Waals surface area contributed by atoms with E-state index in [1.165, 1.54) is 24.3 Å². The number of ether oxygens (including phenoxy) is 1. The highest BCUT2D eigenvalue weighted by molar-refractivity contribution is 5.96. The van der Waals surface area contributed by atoms with Gasteiger partial charge in [-0.2, -0.15) is 0 Å². The predicted molar refractivity (Wildman–Crippen MR) is 95.3 cm³/mol. The summed E-state index contributed by atoms with van der Waals surface area (Å²) >= 11 is 0. The van der Waals surface area contributed by atoms with Gasteiger partial charge in [-0.25, -0.2) is 0 Å². The second-order valence-corrected chi connectivity index (χ2v) is 6.02. The predicted octanol–water partition coefficient (Wildman–Crippen LogP) is 4.39. The third-order valence-corrected chi connectivity index (χ3v) is 4.30. The van der Waals surface area contributed by atoms with Crippen molar-refractivity contribution in [3.05, 3.63) is 59.8 Å². The second-order valence-electron chi connectivity index (χ2n) is 6.02. The van der Waals surface area contributed by atoms with Crippen molar-refractivity contribution in [2.24, 2.45) is 0 Å². The highest BCUT2D eigenvalue weighted by Crippen LogP contribution is 2.36. The molecule has 0 unspecified atom stereocenters. The Bertz CT molecular complexity index is 940. The van der Waals surface area contributed by atoms with Crippen molar-refractivity contribution >= 4 is 10.9 Å². The van der Waals surface area contributed by atoms with E-state index < -0.39 is 19.1 Å². The van der Waals surface area contributed by atoms with E-state index in [1.54, 1.807) is 18.3 Å². The molecule has 0 aliphatic heterocycles.